The van der Waals surface area contributed by atoms with Gasteiger partial charge < -0.3 is 14.4 Å². The Labute approximate surface area is 191 Å². The van der Waals surface area contributed by atoms with Crippen molar-refractivity contribution in [2.45, 2.75) is 64.5 Å². The summed E-state index contributed by atoms with van der Waals surface area (Å²) in [6, 6.07) is 5.71. The van der Waals surface area contributed by atoms with E-state index in [1.165, 1.54) is 8.61 Å². The van der Waals surface area contributed by atoms with Gasteiger partial charge in [0, 0.05) is 45.3 Å². The summed E-state index contributed by atoms with van der Waals surface area (Å²) in [5.41, 5.74) is 2.28. The number of aromatic nitrogens is 2. The standard InChI is InChI=1S/C23H36N4O4S/c1-23(2,3)22-24-20-14-18(25(4)32(29,30)26-11-5-6-19(28)16-26)7-8-21(20)27(22)15-17-9-12-31-13-10-17/h7-8,14,17,19,28H,5-6,9-13,15-16H2,1-4H3. The van der Waals surface area contributed by atoms with Crippen LogP contribution in [0.3, 0.4) is 0 Å². The minimum atomic E-state index is -3.71. The predicted molar refractivity (Wildman–Crippen MR) is 126 cm³/mol. The van der Waals surface area contributed by atoms with Crippen molar-refractivity contribution in [1.82, 2.24) is 13.9 Å². The quantitative estimate of drug-likeness (QED) is 0.735. The molecule has 1 aromatic carbocycles. The zero-order chi connectivity index (χ0) is 23.1. The molecule has 1 aromatic heterocycles. The van der Waals surface area contributed by atoms with Crippen LogP contribution in [0, 0.1) is 5.92 Å². The molecule has 1 atom stereocenters. The number of nitrogens with zero attached hydrogens (tertiary/aromatic N) is 4. The van der Waals surface area contributed by atoms with Crippen molar-refractivity contribution < 1.29 is 18.3 Å². The van der Waals surface area contributed by atoms with Gasteiger partial charge in [0.2, 0.25) is 0 Å². The van der Waals surface area contributed by atoms with E-state index in [1.807, 2.05) is 18.2 Å². The van der Waals surface area contributed by atoms with E-state index >= 15 is 0 Å². The first kappa shape index (κ1) is 23.5. The maximum atomic E-state index is 13.2. The van der Waals surface area contributed by atoms with Crippen molar-refractivity contribution in [3.8, 4) is 0 Å². The Balaban J connectivity index is 1.67. The zero-order valence-electron chi connectivity index (χ0n) is 19.6. The molecule has 32 heavy (non-hydrogen) atoms. The molecule has 0 amide bonds. The second kappa shape index (κ2) is 8.93. The number of hydrogen-bond donors (Lipinski definition) is 1. The fourth-order valence-electron chi connectivity index (χ4n) is 4.70. The predicted octanol–water partition coefficient (Wildman–Crippen LogP) is 2.90. The summed E-state index contributed by atoms with van der Waals surface area (Å²) in [6.07, 6.45) is 2.79. The second-order valence-electron chi connectivity index (χ2n) is 10.2. The number of β-amino-alcohol motifs (C(OH)–C–C–N with tert-alkyl or cyclic N) is 1. The minimum Gasteiger partial charge on any atom is -0.392 e. The van der Waals surface area contributed by atoms with E-state index in [-0.39, 0.29) is 12.0 Å². The van der Waals surface area contributed by atoms with Gasteiger partial charge >= 0.3 is 10.2 Å². The molecule has 0 spiro atoms. The van der Waals surface area contributed by atoms with Gasteiger partial charge in [-0.1, -0.05) is 20.8 Å². The number of imidazole rings is 1. The van der Waals surface area contributed by atoms with Crippen molar-refractivity contribution in [2.24, 2.45) is 5.92 Å². The average molecular weight is 465 g/mol. The molecule has 0 bridgehead atoms. The third-order valence-electron chi connectivity index (χ3n) is 6.58. The Morgan fingerprint density at radius 3 is 2.59 bits per heavy atom. The van der Waals surface area contributed by atoms with Crippen LogP contribution in [0.15, 0.2) is 18.2 Å². The lowest BCUT2D eigenvalue weighted by Crippen LogP contribution is -2.48. The Morgan fingerprint density at radius 2 is 1.94 bits per heavy atom. The topological polar surface area (TPSA) is 87.9 Å². The lowest BCUT2D eigenvalue weighted by Gasteiger charge is -2.33. The SMILES string of the molecule is CN(c1ccc2c(c1)nc(C(C)(C)C)n2CC1CCOCC1)S(=O)(=O)N1CCCC(O)C1. The van der Waals surface area contributed by atoms with Crippen molar-refractivity contribution in [2.75, 3.05) is 37.7 Å². The molecule has 178 valence electrons. The summed E-state index contributed by atoms with van der Waals surface area (Å²) in [5, 5.41) is 9.94. The van der Waals surface area contributed by atoms with Crippen LogP contribution in [0.5, 0.6) is 0 Å². The Morgan fingerprint density at radius 1 is 1.22 bits per heavy atom. The van der Waals surface area contributed by atoms with E-state index in [1.54, 1.807) is 7.05 Å². The van der Waals surface area contributed by atoms with Crippen LogP contribution in [0.2, 0.25) is 0 Å². The molecule has 2 aliphatic rings. The molecule has 1 unspecified atom stereocenters. The molecule has 8 nitrogen and oxygen atoms in total. The number of anilines is 1. The van der Waals surface area contributed by atoms with E-state index in [0.717, 1.165) is 49.5 Å². The number of piperidine rings is 1. The average Bonchev–Trinajstić information content (AvgIpc) is 3.12. The monoisotopic (exact) mass is 464 g/mol. The molecule has 0 saturated carbocycles. The number of aliphatic hydroxyl groups is 1. The highest BCUT2D eigenvalue weighted by molar-refractivity contribution is 7.90. The zero-order valence-corrected chi connectivity index (χ0v) is 20.4. The van der Waals surface area contributed by atoms with Gasteiger partial charge in [0.15, 0.2) is 0 Å². The molecular formula is C23H36N4O4S. The molecule has 2 aromatic rings. The van der Waals surface area contributed by atoms with Crippen LogP contribution in [0.25, 0.3) is 11.0 Å². The number of aliphatic hydroxyl groups excluding tert-OH is 1. The van der Waals surface area contributed by atoms with E-state index < -0.39 is 16.3 Å². The smallest absolute Gasteiger partial charge is 0.303 e. The van der Waals surface area contributed by atoms with Crippen LogP contribution in [-0.2, 0) is 26.9 Å². The van der Waals surface area contributed by atoms with Gasteiger partial charge in [-0.05, 0) is 49.8 Å². The van der Waals surface area contributed by atoms with E-state index in [2.05, 4.69) is 25.3 Å². The molecule has 0 aliphatic carbocycles. The fourth-order valence-corrected chi connectivity index (χ4v) is 6.14. The molecule has 0 radical (unpaired) electrons. The lowest BCUT2D eigenvalue weighted by atomic mass is 9.94. The molecule has 3 heterocycles. The van der Waals surface area contributed by atoms with Crippen molar-refractivity contribution in [1.29, 1.82) is 0 Å². The number of ether oxygens (including phenoxy) is 1. The first-order valence-electron chi connectivity index (χ1n) is 11.6. The van der Waals surface area contributed by atoms with Crippen LogP contribution >= 0.6 is 0 Å². The Hall–Kier alpha value is -1.68. The fraction of sp³-hybridized carbons (Fsp3) is 0.696. The largest absolute Gasteiger partial charge is 0.392 e. The maximum absolute atomic E-state index is 13.2. The van der Waals surface area contributed by atoms with Crippen molar-refractivity contribution in [3.05, 3.63) is 24.0 Å². The van der Waals surface area contributed by atoms with Crippen molar-refractivity contribution in [3.63, 3.8) is 0 Å². The van der Waals surface area contributed by atoms with Gasteiger partial charge in [-0.15, -0.1) is 0 Å². The summed E-state index contributed by atoms with van der Waals surface area (Å²) in [4.78, 5) is 4.96. The van der Waals surface area contributed by atoms with E-state index in [9.17, 15) is 13.5 Å². The summed E-state index contributed by atoms with van der Waals surface area (Å²) in [5.74, 6) is 1.57. The summed E-state index contributed by atoms with van der Waals surface area (Å²) in [6.45, 7) is 9.56. The Bertz CT molecular complexity index is 1050. The molecule has 2 fully saturated rings. The third kappa shape index (κ3) is 4.66. The van der Waals surface area contributed by atoms with Crippen LogP contribution in [-0.4, -0.2) is 66.8 Å². The molecular weight excluding hydrogens is 428 g/mol. The third-order valence-corrected chi connectivity index (χ3v) is 8.47. The van der Waals surface area contributed by atoms with Gasteiger partial charge in [-0.25, -0.2) is 4.98 Å². The Kier molecular flexibility index (Phi) is 6.55. The molecule has 2 saturated heterocycles. The van der Waals surface area contributed by atoms with E-state index in [4.69, 9.17) is 9.72 Å². The molecule has 9 heteroatoms. The number of fused-ring (bicyclic) bond motifs is 1. The first-order chi connectivity index (χ1) is 15.1. The number of rotatable bonds is 5. The highest BCUT2D eigenvalue weighted by Gasteiger charge is 2.32. The summed E-state index contributed by atoms with van der Waals surface area (Å²) < 4.78 is 36.8. The normalized spacial score (nSPS) is 21.8. The molecule has 4 rings (SSSR count). The van der Waals surface area contributed by atoms with Gasteiger partial charge in [0.05, 0.1) is 22.8 Å². The van der Waals surface area contributed by atoms with Crippen LogP contribution < -0.4 is 4.31 Å². The highest BCUT2D eigenvalue weighted by atomic mass is 32.2. The van der Waals surface area contributed by atoms with Crippen LogP contribution in [0.1, 0.15) is 52.3 Å². The van der Waals surface area contributed by atoms with Gasteiger partial charge in [-0.3, -0.25) is 4.31 Å². The molecule has 1 N–H and O–H groups in total. The number of benzene rings is 1. The number of hydrogen-bond acceptors (Lipinski definition) is 5. The van der Waals surface area contributed by atoms with Crippen LogP contribution in [0.4, 0.5) is 5.69 Å². The maximum Gasteiger partial charge on any atom is 0.303 e. The van der Waals surface area contributed by atoms with Gasteiger partial charge in [0.25, 0.3) is 0 Å². The van der Waals surface area contributed by atoms with Crippen molar-refractivity contribution >= 4 is 26.9 Å². The van der Waals surface area contributed by atoms with Gasteiger partial charge in [-0.2, -0.15) is 12.7 Å². The molecule has 2 aliphatic heterocycles. The summed E-state index contributed by atoms with van der Waals surface area (Å²) >= 11 is 0. The minimum absolute atomic E-state index is 0.133. The van der Waals surface area contributed by atoms with Gasteiger partial charge in [0.1, 0.15) is 5.82 Å². The van der Waals surface area contributed by atoms with E-state index in [0.29, 0.717) is 31.0 Å². The lowest BCUT2D eigenvalue weighted by molar-refractivity contribution is 0.0611. The highest BCUT2D eigenvalue weighted by Crippen LogP contribution is 2.32. The summed E-state index contributed by atoms with van der Waals surface area (Å²) in [7, 11) is -2.14. The second-order valence-corrected chi connectivity index (χ2v) is 12.1. The first-order valence-corrected chi connectivity index (χ1v) is 13.0.